The van der Waals surface area contributed by atoms with E-state index < -0.39 is 23.8 Å². The van der Waals surface area contributed by atoms with E-state index in [2.05, 4.69) is 40.4 Å². The summed E-state index contributed by atoms with van der Waals surface area (Å²) in [5.74, 6) is 0. The zero-order valence-corrected chi connectivity index (χ0v) is 24.2. The van der Waals surface area contributed by atoms with Gasteiger partial charge in [-0.25, -0.2) is 0 Å². The molecule has 0 aliphatic rings. The fraction of sp³-hybridized carbons (Fsp3) is 1.00. The summed E-state index contributed by atoms with van der Waals surface area (Å²) in [6.07, 6.45) is 14.9. The van der Waals surface area contributed by atoms with E-state index in [0.717, 1.165) is 18.1 Å². The molecular weight excluding hydrogens is 439 g/mol. The molecule has 28 heavy (non-hydrogen) atoms. The van der Waals surface area contributed by atoms with Crippen LogP contribution in [0.3, 0.4) is 0 Å². The number of unbranched alkanes of at least 4 members (excludes halogenated alkanes) is 9. The van der Waals surface area contributed by atoms with Gasteiger partial charge < -0.3 is 8.23 Å². The first-order valence-corrected chi connectivity index (χ1v) is 21.7. The van der Waals surface area contributed by atoms with Crippen LogP contribution in [0.25, 0.3) is 0 Å². The molecule has 0 fully saturated rings. The van der Waals surface area contributed by atoms with E-state index in [9.17, 15) is 0 Å². The van der Waals surface area contributed by atoms with Crippen LogP contribution in [-0.2, 0) is 8.23 Å². The first-order valence-electron chi connectivity index (χ1n) is 11.9. The molecule has 0 bridgehead atoms. The van der Waals surface area contributed by atoms with Crippen LogP contribution in [0.1, 0.15) is 97.8 Å². The van der Waals surface area contributed by atoms with E-state index >= 15 is 0 Å². The SMILES string of the molecule is CCCCCC[Si](C)(Cl)O[Si](C)(CCCCCC)O[Si](C)(Cl)CCCCCC. The van der Waals surface area contributed by atoms with Gasteiger partial charge in [0.1, 0.15) is 0 Å². The smallest absolute Gasteiger partial charge is 0.315 e. The van der Waals surface area contributed by atoms with Gasteiger partial charge in [-0.2, -0.15) is 0 Å². The normalized spacial score (nSPS) is 18.4. The molecule has 2 unspecified atom stereocenters. The summed E-state index contributed by atoms with van der Waals surface area (Å²) < 4.78 is 13.4. The lowest BCUT2D eigenvalue weighted by Crippen LogP contribution is -2.52. The molecule has 0 aromatic heterocycles. The molecule has 0 aromatic rings. The summed E-state index contributed by atoms with van der Waals surface area (Å²) >= 11 is 13.9. The Balaban J connectivity index is 4.88. The van der Waals surface area contributed by atoms with Gasteiger partial charge in [-0.1, -0.05) is 97.8 Å². The molecule has 0 radical (unpaired) electrons. The van der Waals surface area contributed by atoms with Gasteiger partial charge in [0, 0.05) is 0 Å². The predicted octanol–water partition coefficient (Wildman–Crippen LogP) is 9.45. The van der Waals surface area contributed by atoms with Crippen molar-refractivity contribution in [3.05, 3.63) is 0 Å². The van der Waals surface area contributed by atoms with Crippen molar-refractivity contribution < 1.29 is 8.23 Å². The second-order valence-electron chi connectivity index (χ2n) is 8.97. The maximum Gasteiger partial charge on any atom is 0.315 e. The molecule has 2 atom stereocenters. The average molecular weight is 488 g/mol. The van der Waals surface area contributed by atoms with Crippen LogP contribution in [0.2, 0.25) is 37.8 Å². The lowest BCUT2D eigenvalue weighted by molar-refractivity contribution is 0.383. The highest BCUT2D eigenvalue weighted by molar-refractivity contribution is 7.20. The van der Waals surface area contributed by atoms with Gasteiger partial charge in [0.25, 0.3) is 15.3 Å². The van der Waals surface area contributed by atoms with Gasteiger partial charge in [-0.3, -0.25) is 0 Å². The van der Waals surface area contributed by atoms with Crippen molar-refractivity contribution in [2.24, 2.45) is 0 Å². The molecule has 0 spiro atoms. The average Bonchev–Trinajstić information content (AvgIpc) is 2.58. The Labute approximate surface area is 189 Å². The number of rotatable bonds is 19. The lowest BCUT2D eigenvalue weighted by atomic mass is 10.2. The first-order chi connectivity index (χ1) is 13.1. The van der Waals surface area contributed by atoms with Crippen molar-refractivity contribution in [1.82, 2.24) is 0 Å². The van der Waals surface area contributed by atoms with Crippen molar-refractivity contribution in [1.29, 1.82) is 0 Å². The van der Waals surface area contributed by atoms with Crippen molar-refractivity contribution in [3.8, 4) is 0 Å². The van der Waals surface area contributed by atoms with E-state index in [1.165, 1.54) is 77.0 Å². The Kier molecular flexibility index (Phi) is 16.5. The molecule has 2 nitrogen and oxygen atoms in total. The number of halogens is 2. The van der Waals surface area contributed by atoms with Crippen LogP contribution in [0, 0.1) is 0 Å². The molecule has 0 saturated carbocycles. The maximum absolute atomic E-state index is 6.96. The Morgan fingerprint density at radius 2 is 0.821 bits per heavy atom. The topological polar surface area (TPSA) is 18.5 Å². The Morgan fingerprint density at radius 3 is 1.14 bits per heavy atom. The minimum atomic E-state index is -2.35. The number of hydrogen-bond acceptors (Lipinski definition) is 2. The second-order valence-corrected chi connectivity index (χ2v) is 23.6. The van der Waals surface area contributed by atoms with Crippen LogP contribution in [0.5, 0.6) is 0 Å². The fourth-order valence-corrected chi connectivity index (χ4v) is 19.5. The van der Waals surface area contributed by atoms with Crippen molar-refractivity contribution in [2.75, 3.05) is 0 Å². The lowest BCUT2D eigenvalue weighted by Gasteiger charge is -2.38. The van der Waals surface area contributed by atoms with E-state index in [1.807, 2.05) is 0 Å². The van der Waals surface area contributed by atoms with E-state index in [4.69, 9.17) is 30.4 Å². The Bertz CT molecular complexity index is 357. The van der Waals surface area contributed by atoms with Crippen molar-refractivity contribution in [3.63, 3.8) is 0 Å². The third-order valence-corrected chi connectivity index (χ3v) is 18.4. The molecule has 0 rings (SSSR count). The zero-order chi connectivity index (χ0) is 21.5. The Hall–Kier alpha value is 1.15. The largest absolute Gasteiger partial charge is 0.424 e. The second kappa shape index (κ2) is 15.9. The van der Waals surface area contributed by atoms with Crippen LogP contribution in [0.4, 0.5) is 0 Å². The summed E-state index contributed by atoms with van der Waals surface area (Å²) in [6, 6.07) is 3.07. The summed E-state index contributed by atoms with van der Waals surface area (Å²) in [6.45, 7) is 13.3. The third-order valence-electron chi connectivity index (χ3n) is 5.30. The molecule has 0 aliphatic heterocycles. The highest BCUT2D eigenvalue weighted by Gasteiger charge is 2.44. The summed E-state index contributed by atoms with van der Waals surface area (Å²) in [7, 11) is -6.80. The van der Waals surface area contributed by atoms with Crippen LogP contribution in [-0.4, -0.2) is 23.8 Å². The van der Waals surface area contributed by atoms with Gasteiger partial charge in [-0.05, 0) is 37.8 Å². The highest BCUT2D eigenvalue weighted by atomic mass is 35.6. The Morgan fingerprint density at radius 1 is 0.500 bits per heavy atom. The molecule has 0 amide bonds. The minimum absolute atomic E-state index is 1.02. The third kappa shape index (κ3) is 15.9. The molecule has 170 valence electrons. The quantitative estimate of drug-likeness (QED) is 0.103. The van der Waals surface area contributed by atoms with Gasteiger partial charge in [-0.15, -0.1) is 22.2 Å². The summed E-state index contributed by atoms with van der Waals surface area (Å²) in [5, 5.41) is 0. The molecular formula is C21H48Cl2O2Si3. The molecule has 0 aliphatic carbocycles. The fourth-order valence-electron chi connectivity index (χ4n) is 3.73. The zero-order valence-electron chi connectivity index (χ0n) is 19.7. The van der Waals surface area contributed by atoms with E-state index in [1.54, 1.807) is 0 Å². The van der Waals surface area contributed by atoms with E-state index in [0.29, 0.717) is 0 Å². The minimum Gasteiger partial charge on any atom is -0.424 e. The predicted molar refractivity (Wildman–Crippen MR) is 136 cm³/mol. The molecule has 0 saturated heterocycles. The van der Waals surface area contributed by atoms with Gasteiger partial charge in [0.2, 0.25) is 0 Å². The van der Waals surface area contributed by atoms with Crippen molar-refractivity contribution >= 4 is 46.0 Å². The van der Waals surface area contributed by atoms with Crippen LogP contribution >= 0.6 is 22.2 Å². The van der Waals surface area contributed by atoms with Crippen LogP contribution < -0.4 is 0 Å². The van der Waals surface area contributed by atoms with E-state index in [-0.39, 0.29) is 0 Å². The maximum atomic E-state index is 6.96. The summed E-state index contributed by atoms with van der Waals surface area (Å²) in [5.41, 5.74) is 0. The van der Waals surface area contributed by atoms with Gasteiger partial charge in [0.05, 0.1) is 0 Å². The summed E-state index contributed by atoms with van der Waals surface area (Å²) in [4.78, 5) is 0. The van der Waals surface area contributed by atoms with Crippen LogP contribution in [0.15, 0.2) is 0 Å². The van der Waals surface area contributed by atoms with Gasteiger partial charge in [0.15, 0.2) is 0 Å². The first kappa shape index (κ1) is 29.2. The molecule has 7 heteroatoms. The molecule has 0 N–H and O–H groups in total. The molecule has 0 aromatic carbocycles. The monoisotopic (exact) mass is 486 g/mol. The van der Waals surface area contributed by atoms with Crippen molar-refractivity contribution in [2.45, 2.75) is 136 Å². The number of hydrogen-bond donors (Lipinski definition) is 0. The highest BCUT2D eigenvalue weighted by Crippen LogP contribution is 2.34. The standard InChI is InChI=1S/C21H48Cl2O2Si3/c1-7-10-13-16-19-26(4,22)24-28(6,21-18-15-12-9-3)25-27(5,23)20-17-14-11-8-2/h7-21H2,1-6H3. The molecule has 0 heterocycles. The van der Waals surface area contributed by atoms with Gasteiger partial charge >= 0.3 is 8.56 Å².